The van der Waals surface area contributed by atoms with Gasteiger partial charge < -0.3 is 5.32 Å². The third-order valence-electron chi connectivity index (χ3n) is 3.41. The van der Waals surface area contributed by atoms with Crippen molar-refractivity contribution >= 4 is 23.7 Å². The fourth-order valence-corrected chi connectivity index (χ4v) is 2.26. The molecule has 1 aliphatic rings. The van der Waals surface area contributed by atoms with Crippen LogP contribution in [0.2, 0.25) is 0 Å². The van der Waals surface area contributed by atoms with Crippen LogP contribution in [0.3, 0.4) is 0 Å². The highest BCUT2D eigenvalue weighted by Gasteiger charge is 2.14. The van der Waals surface area contributed by atoms with Gasteiger partial charge in [0.05, 0.1) is 0 Å². The third-order valence-corrected chi connectivity index (χ3v) is 3.41. The molecule has 2 N–H and O–H groups in total. The van der Waals surface area contributed by atoms with E-state index in [0.717, 1.165) is 12.8 Å². The number of halogens is 1. The van der Waals surface area contributed by atoms with Gasteiger partial charge in [0.2, 0.25) is 0 Å². The Labute approximate surface area is 122 Å². The maximum atomic E-state index is 12.7. The van der Waals surface area contributed by atoms with Crippen LogP contribution in [-0.2, 0) is 9.59 Å². The first-order valence-electron chi connectivity index (χ1n) is 7.05. The van der Waals surface area contributed by atoms with Crippen LogP contribution in [-0.4, -0.2) is 18.0 Å². The summed E-state index contributed by atoms with van der Waals surface area (Å²) in [6.45, 7) is 0. The molecule has 21 heavy (non-hydrogen) atoms. The molecule has 1 saturated carbocycles. The van der Waals surface area contributed by atoms with Crippen LogP contribution in [0.4, 0.5) is 10.1 Å². The van der Waals surface area contributed by atoms with Gasteiger partial charge in [-0.1, -0.05) is 19.3 Å². The molecule has 0 spiro atoms. The van der Waals surface area contributed by atoms with Gasteiger partial charge in [-0.2, -0.15) is 5.10 Å². The van der Waals surface area contributed by atoms with Gasteiger partial charge >= 0.3 is 11.8 Å². The molecule has 0 aliphatic heterocycles. The molecular weight excluding hydrogens is 273 g/mol. The van der Waals surface area contributed by atoms with Gasteiger partial charge in [0.15, 0.2) is 0 Å². The molecule has 112 valence electrons. The maximum absolute atomic E-state index is 12.7. The summed E-state index contributed by atoms with van der Waals surface area (Å²) in [7, 11) is 0. The number of hydrazone groups is 1. The van der Waals surface area contributed by atoms with Crippen LogP contribution < -0.4 is 10.7 Å². The van der Waals surface area contributed by atoms with Crippen molar-refractivity contribution in [3.8, 4) is 0 Å². The van der Waals surface area contributed by atoms with Crippen LogP contribution in [0.5, 0.6) is 0 Å². The Balaban J connectivity index is 1.78. The molecule has 1 aliphatic carbocycles. The summed E-state index contributed by atoms with van der Waals surface area (Å²) in [5.74, 6) is -1.71. The number of amides is 2. The van der Waals surface area contributed by atoms with E-state index in [1.807, 2.05) is 0 Å². The van der Waals surface area contributed by atoms with E-state index in [0.29, 0.717) is 11.6 Å². The topological polar surface area (TPSA) is 70.6 Å². The van der Waals surface area contributed by atoms with Gasteiger partial charge in [0.25, 0.3) is 0 Å². The number of carbonyl (C=O) groups excluding carboxylic acids is 2. The minimum absolute atomic E-state index is 0.354. The molecule has 5 nitrogen and oxygen atoms in total. The summed E-state index contributed by atoms with van der Waals surface area (Å²) in [5.41, 5.74) is 2.56. The average Bonchev–Trinajstić information content (AvgIpc) is 2.50. The lowest BCUT2D eigenvalue weighted by Crippen LogP contribution is -2.32. The largest absolute Gasteiger partial charge is 0.329 e. The molecule has 2 amide bonds. The van der Waals surface area contributed by atoms with E-state index in [-0.39, 0.29) is 0 Å². The predicted octanol–water partition coefficient (Wildman–Crippen LogP) is 2.45. The van der Waals surface area contributed by atoms with Crippen LogP contribution >= 0.6 is 0 Å². The van der Waals surface area contributed by atoms with Gasteiger partial charge in [0.1, 0.15) is 5.82 Å². The van der Waals surface area contributed by atoms with E-state index < -0.39 is 17.6 Å². The molecule has 0 unspecified atom stereocenters. The number of carbonyl (C=O) groups is 2. The van der Waals surface area contributed by atoms with E-state index in [1.165, 1.54) is 43.5 Å². The number of nitrogens with zero attached hydrogens (tertiary/aromatic N) is 1. The van der Waals surface area contributed by atoms with E-state index in [4.69, 9.17) is 0 Å². The Morgan fingerprint density at radius 1 is 1.10 bits per heavy atom. The van der Waals surface area contributed by atoms with Crippen molar-refractivity contribution in [2.45, 2.75) is 32.1 Å². The molecule has 0 saturated heterocycles. The number of hydrogen-bond acceptors (Lipinski definition) is 3. The van der Waals surface area contributed by atoms with E-state index in [2.05, 4.69) is 15.8 Å². The van der Waals surface area contributed by atoms with Gasteiger partial charge in [-0.25, -0.2) is 9.82 Å². The Bertz CT molecular complexity index is 522. The molecule has 6 heteroatoms. The highest BCUT2D eigenvalue weighted by molar-refractivity contribution is 6.39. The molecule has 1 aromatic rings. The summed E-state index contributed by atoms with van der Waals surface area (Å²) in [4.78, 5) is 23.1. The second-order valence-corrected chi connectivity index (χ2v) is 5.08. The second kappa shape index (κ2) is 7.52. The van der Waals surface area contributed by atoms with Gasteiger partial charge in [0, 0.05) is 11.9 Å². The molecule has 0 aromatic heterocycles. The maximum Gasteiger partial charge on any atom is 0.329 e. The first-order chi connectivity index (χ1) is 10.1. The number of hydrogen-bond donors (Lipinski definition) is 2. The molecule has 0 atom stereocenters. The molecule has 0 radical (unpaired) electrons. The summed E-state index contributed by atoms with van der Waals surface area (Å²) in [6, 6.07) is 5.17. The molecule has 0 bridgehead atoms. The van der Waals surface area contributed by atoms with Crippen molar-refractivity contribution in [1.29, 1.82) is 0 Å². The number of nitrogens with one attached hydrogen (secondary N) is 2. The lowest BCUT2D eigenvalue weighted by molar-refractivity contribution is -0.136. The van der Waals surface area contributed by atoms with Crippen LogP contribution in [0.15, 0.2) is 29.4 Å². The summed E-state index contributed by atoms with van der Waals surface area (Å²) in [6.07, 6.45) is 7.44. The minimum Gasteiger partial charge on any atom is -0.318 e. The Hall–Kier alpha value is -2.24. The number of anilines is 1. The van der Waals surface area contributed by atoms with Crippen molar-refractivity contribution in [2.24, 2.45) is 11.0 Å². The molecule has 0 heterocycles. The van der Waals surface area contributed by atoms with Crippen molar-refractivity contribution in [1.82, 2.24) is 5.43 Å². The molecule has 1 aromatic carbocycles. The smallest absolute Gasteiger partial charge is 0.318 e. The van der Waals surface area contributed by atoms with E-state index in [1.54, 1.807) is 6.21 Å². The Morgan fingerprint density at radius 2 is 1.76 bits per heavy atom. The summed E-state index contributed by atoms with van der Waals surface area (Å²) < 4.78 is 12.7. The van der Waals surface area contributed by atoms with Gasteiger partial charge in [-0.15, -0.1) is 0 Å². The second-order valence-electron chi connectivity index (χ2n) is 5.08. The Kier molecular flexibility index (Phi) is 5.43. The number of benzene rings is 1. The van der Waals surface area contributed by atoms with Crippen molar-refractivity contribution < 1.29 is 14.0 Å². The highest BCUT2D eigenvalue weighted by Crippen LogP contribution is 2.21. The SMILES string of the molecule is O=C(N/N=C\C1CCCCC1)C(=O)Nc1ccc(F)cc1. The van der Waals surface area contributed by atoms with Gasteiger partial charge in [-0.3, -0.25) is 9.59 Å². The Morgan fingerprint density at radius 3 is 2.43 bits per heavy atom. The molecule has 1 fully saturated rings. The zero-order chi connectivity index (χ0) is 15.1. The van der Waals surface area contributed by atoms with Crippen LogP contribution in [0.1, 0.15) is 32.1 Å². The van der Waals surface area contributed by atoms with Gasteiger partial charge in [-0.05, 0) is 43.0 Å². The van der Waals surface area contributed by atoms with Crippen LogP contribution in [0.25, 0.3) is 0 Å². The summed E-state index contributed by atoms with van der Waals surface area (Å²) >= 11 is 0. The zero-order valence-electron chi connectivity index (χ0n) is 11.6. The fourth-order valence-electron chi connectivity index (χ4n) is 2.26. The lowest BCUT2D eigenvalue weighted by Gasteiger charge is -2.16. The monoisotopic (exact) mass is 291 g/mol. The first kappa shape index (κ1) is 15.2. The minimum atomic E-state index is -0.841. The predicted molar refractivity (Wildman–Crippen MR) is 78.2 cm³/mol. The van der Waals surface area contributed by atoms with E-state index in [9.17, 15) is 14.0 Å². The van der Waals surface area contributed by atoms with Crippen LogP contribution in [0, 0.1) is 11.7 Å². The lowest BCUT2D eigenvalue weighted by atomic mass is 9.90. The highest BCUT2D eigenvalue weighted by atomic mass is 19.1. The standard InChI is InChI=1S/C15H18FN3O2/c16-12-6-8-13(9-7-12)18-14(20)15(21)19-17-10-11-4-2-1-3-5-11/h6-11H,1-5H2,(H,18,20)(H,19,21)/b17-10-. The fraction of sp³-hybridized carbons (Fsp3) is 0.400. The molecule has 2 rings (SSSR count). The normalized spacial score (nSPS) is 15.9. The van der Waals surface area contributed by atoms with Crippen molar-refractivity contribution in [3.05, 3.63) is 30.1 Å². The average molecular weight is 291 g/mol. The summed E-state index contributed by atoms with van der Waals surface area (Å²) in [5, 5.41) is 6.19. The number of rotatable bonds is 3. The third kappa shape index (κ3) is 4.98. The van der Waals surface area contributed by atoms with E-state index >= 15 is 0 Å². The quantitative estimate of drug-likeness (QED) is 0.510. The molecular formula is C15H18FN3O2. The first-order valence-corrected chi connectivity index (χ1v) is 7.05. The van der Waals surface area contributed by atoms with Crippen molar-refractivity contribution in [2.75, 3.05) is 5.32 Å². The van der Waals surface area contributed by atoms with Crippen molar-refractivity contribution in [3.63, 3.8) is 0 Å². The zero-order valence-corrected chi connectivity index (χ0v) is 11.6.